The fraction of sp³-hybridized carbons (Fsp3) is 0.600. The molecule has 2 aliphatic rings. The summed E-state index contributed by atoms with van der Waals surface area (Å²) >= 11 is 0. The lowest BCUT2D eigenvalue weighted by Crippen LogP contribution is -2.45. The van der Waals surface area contributed by atoms with E-state index in [-0.39, 0.29) is 17.5 Å². The van der Waals surface area contributed by atoms with Crippen LogP contribution in [-0.2, 0) is 25.6 Å². The highest BCUT2D eigenvalue weighted by molar-refractivity contribution is 5.26. The highest BCUT2D eigenvalue weighted by Gasteiger charge is 2.33. The molecule has 0 amide bonds. The summed E-state index contributed by atoms with van der Waals surface area (Å²) in [4.78, 5) is 22.1. The van der Waals surface area contributed by atoms with Gasteiger partial charge in [-0.25, -0.2) is 14.6 Å². The maximum Gasteiger partial charge on any atom is 0.433 e. The van der Waals surface area contributed by atoms with E-state index in [0.717, 1.165) is 68.6 Å². The Labute approximate surface area is 172 Å². The van der Waals surface area contributed by atoms with Crippen LogP contribution in [-0.4, -0.2) is 50.3 Å². The minimum Gasteiger partial charge on any atom is -0.353 e. The second-order valence-electron chi connectivity index (χ2n) is 7.86. The van der Waals surface area contributed by atoms with E-state index in [1.165, 1.54) is 0 Å². The molecule has 0 aromatic carbocycles. The van der Waals surface area contributed by atoms with Crippen LogP contribution in [0, 0.1) is 0 Å². The predicted octanol–water partition coefficient (Wildman–Crippen LogP) is 2.51. The monoisotopic (exact) mass is 422 g/mol. The van der Waals surface area contributed by atoms with Crippen molar-refractivity contribution in [1.82, 2.24) is 24.6 Å². The van der Waals surface area contributed by atoms with Crippen LogP contribution in [0.4, 0.5) is 19.1 Å². The van der Waals surface area contributed by atoms with Crippen LogP contribution in [0.2, 0.25) is 0 Å². The molecule has 30 heavy (non-hydrogen) atoms. The van der Waals surface area contributed by atoms with Gasteiger partial charge in [0.1, 0.15) is 5.69 Å². The van der Waals surface area contributed by atoms with E-state index in [1.807, 2.05) is 0 Å². The van der Waals surface area contributed by atoms with Crippen LogP contribution < -0.4 is 10.9 Å². The minimum absolute atomic E-state index is 0.0214. The maximum atomic E-state index is 12.8. The summed E-state index contributed by atoms with van der Waals surface area (Å²) in [5, 5.41) is 7.48. The van der Waals surface area contributed by atoms with Gasteiger partial charge in [0, 0.05) is 31.4 Å². The van der Waals surface area contributed by atoms with E-state index >= 15 is 0 Å². The van der Waals surface area contributed by atoms with Gasteiger partial charge < -0.3 is 5.32 Å². The smallest absolute Gasteiger partial charge is 0.353 e. The van der Waals surface area contributed by atoms with E-state index in [1.54, 1.807) is 10.7 Å². The molecule has 1 unspecified atom stereocenters. The van der Waals surface area contributed by atoms with Crippen molar-refractivity contribution >= 4 is 5.95 Å². The average molecular weight is 422 g/mol. The highest BCUT2D eigenvalue weighted by Crippen LogP contribution is 2.27. The number of anilines is 1. The number of nitrogens with one attached hydrogen (secondary N) is 1. The van der Waals surface area contributed by atoms with Gasteiger partial charge in [-0.05, 0) is 50.3 Å². The molecular formula is C20H25F3N6O. The minimum atomic E-state index is -4.49. The number of aromatic nitrogens is 4. The van der Waals surface area contributed by atoms with Gasteiger partial charge in [-0.15, -0.1) is 0 Å². The molecule has 0 radical (unpaired) electrons. The van der Waals surface area contributed by atoms with Gasteiger partial charge in [-0.3, -0.25) is 9.69 Å². The van der Waals surface area contributed by atoms with Crippen molar-refractivity contribution in [3.8, 4) is 0 Å². The second-order valence-corrected chi connectivity index (χ2v) is 7.86. The lowest BCUT2D eigenvalue weighted by atomic mass is 10.0. The zero-order valence-corrected chi connectivity index (χ0v) is 16.7. The third kappa shape index (κ3) is 4.80. The van der Waals surface area contributed by atoms with Crippen molar-refractivity contribution in [2.75, 3.05) is 25.0 Å². The molecule has 7 nitrogen and oxygen atoms in total. The summed E-state index contributed by atoms with van der Waals surface area (Å²) in [7, 11) is 0. The zero-order valence-electron chi connectivity index (χ0n) is 16.7. The van der Waals surface area contributed by atoms with Crippen molar-refractivity contribution in [1.29, 1.82) is 0 Å². The molecule has 0 saturated carbocycles. The summed E-state index contributed by atoms with van der Waals surface area (Å²) in [6.07, 6.45) is 2.56. The number of halogens is 3. The number of fused-ring (bicyclic) bond motifs is 1. The summed E-state index contributed by atoms with van der Waals surface area (Å²) < 4.78 is 40.1. The second kappa shape index (κ2) is 8.71. The SMILES string of the molecule is O=c1cc2c(nn1CCN1CCCCC1CNc1nccc(C(F)(F)F)n1)CCC2. The summed E-state index contributed by atoms with van der Waals surface area (Å²) in [6, 6.07) is 2.71. The van der Waals surface area contributed by atoms with Crippen LogP contribution in [0.25, 0.3) is 0 Å². The van der Waals surface area contributed by atoms with Crippen molar-refractivity contribution in [3.63, 3.8) is 0 Å². The molecule has 0 bridgehead atoms. The highest BCUT2D eigenvalue weighted by atomic mass is 19.4. The van der Waals surface area contributed by atoms with E-state index in [9.17, 15) is 18.0 Å². The summed E-state index contributed by atoms with van der Waals surface area (Å²) in [6.45, 7) is 2.51. The topological polar surface area (TPSA) is 75.9 Å². The number of aryl methyl sites for hydroxylation is 2. The van der Waals surface area contributed by atoms with E-state index < -0.39 is 11.9 Å². The first kappa shape index (κ1) is 20.8. The first-order valence-corrected chi connectivity index (χ1v) is 10.4. The predicted molar refractivity (Wildman–Crippen MR) is 105 cm³/mol. The molecule has 1 N–H and O–H groups in total. The standard InChI is InChI=1S/C20H25F3N6O/c21-20(22,23)17-7-8-24-19(26-17)25-13-15-5-1-2-9-28(15)10-11-29-18(30)12-14-4-3-6-16(14)27-29/h7-8,12,15H,1-6,9-11,13H2,(H,24,25,26). The van der Waals surface area contributed by atoms with Crippen LogP contribution in [0.3, 0.4) is 0 Å². The lowest BCUT2D eigenvalue weighted by molar-refractivity contribution is -0.141. The van der Waals surface area contributed by atoms with Crippen molar-refractivity contribution in [3.05, 3.63) is 45.6 Å². The average Bonchev–Trinajstić information content (AvgIpc) is 3.18. The fourth-order valence-corrected chi connectivity index (χ4v) is 4.22. The Balaban J connectivity index is 1.37. The largest absolute Gasteiger partial charge is 0.433 e. The van der Waals surface area contributed by atoms with Gasteiger partial charge >= 0.3 is 6.18 Å². The molecule has 3 heterocycles. The number of likely N-dealkylation sites (tertiary alicyclic amines) is 1. The Morgan fingerprint density at radius 1 is 1.17 bits per heavy atom. The van der Waals surface area contributed by atoms with Crippen molar-refractivity contribution in [2.24, 2.45) is 0 Å². The van der Waals surface area contributed by atoms with Crippen molar-refractivity contribution in [2.45, 2.75) is 57.3 Å². The first-order valence-electron chi connectivity index (χ1n) is 10.4. The first-order chi connectivity index (χ1) is 14.4. The van der Waals surface area contributed by atoms with Crippen LogP contribution in [0.1, 0.15) is 42.6 Å². The Morgan fingerprint density at radius 3 is 2.87 bits per heavy atom. The van der Waals surface area contributed by atoms with E-state index in [2.05, 4.69) is 25.3 Å². The van der Waals surface area contributed by atoms with Gasteiger partial charge in [0.05, 0.1) is 12.2 Å². The van der Waals surface area contributed by atoms with Gasteiger partial charge in [0.15, 0.2) is 0 Å². The fourth-order valence-electron chi connectivity index (χ4n) is 4.22. The number of nitrogens with zero attached hydrogens (tertiary/aromatic N) is 5. The number of rotatable bonds is 6. The molecule has 2 aromatic rings. The maximum absolute atomic E-state index is 12.8. The molecule has 162 valence electrons. The Morgan fingerprint density at radius 2 is 2.03 bits per heavy atom. The quantitative estimate of drug-likeness (QED) is 0.771. The number of alkyl halides is 3. The Bertz CT molecular complexity index is 945. The molecule has 2 aromatic heterocycles. The molecular weight excluding hydrogens is 397 g/mol. The third-order valence-corrected chi connectivity index (χ3v) is 5.81. The zero-order chi connectivity index (χ0) is 21.1. The normalized spacial score (nSPS) is 19.6. The Hall–Kier alpha value is -2.49. The van der Waals surface area contributed by atoms with Gasteiger partial charge in [0.2, 0.25) is 5.95 Å². The number of hydrogen-bond donors (Lipinski definition) is 1. The molecule has 1 atom stereocenters. The van der Waals surface area contributed by atoms with Gasteiger partial charge in [-0.1, -0.05) is 6.42 Å². The molecule has 1 aliphatic heterocycles. The van der Waals surface area contributed by atoms with Gasteiger partial charge in [-0.2, -0.15) is 18.3 Å². The molecule has 1 aliphatic carbocycles. The molecule has 4 rings (SSSR count). The molecule has 1 fully saturated rings. The summed E-state index contributed by atoms with van der Waals surface area (Å²) in [5.74, 6) is -0.0214. The Kier molecular flexibility index (Phi) is 6.03. The van der Waals surface area contributed by atoms with Gasteiger partial charge in [0.25, 0.3) is 5.56 Å². The third-order valence-electron chi connectivity index (χ3n) is 5.81. The molecule has 10 heteroatoms. The number of hydrogen-bond acceptors (Lipinski definition) is 6. The summed E-state index contributed by atoms with van der Waals surface area (Å²) in [5.41, 5.74) is 1.06. The number of piperidine rings is 1. The van der Waals surface area contributed by atoms with Crippen LogP contribution in [0.5, 0.6) is 0 Å². The van der Waals surface area contributed by atoms with Crippen LogP contribution >= 0.6 is 0 Å². The molecule has 0 spiro atoms. The van der Waals surface area contributed by atoms with E-state index in [0.29, 0.717) is 19.6 Å². The van der Waals surface area contributed by atoms with E-state index in [4.69, 9.17) is 0 Å². The molecule has 1 saturated heterocycles. The van der Waals surface area contributed by atoms with Crippen LogP contribution in [0.15, 0.2) is 23.1 Å². The van der Waals surface area contributed by atoms with Crippen molar-refractivity contribution < 1.29 is 13.2 Å². The lowest BCUT2D eigenvalue weighted by Gasteiger charge is -2.35.